The van der Waals surface area contributed by atoms with Gasteiger partial charge in [-0.25, -0.2) is 4.39 Å². The van der Waals surface area contributed by atoms with Crippen molar-refractivity contribution in [1.82, 2.24) is 0 Å². The lowest BCUT2D eigenvalue weighted by atomic mass is 10.2. The van der Waals surface area contributed by atoms with Crippen molar-refractivity contribution < 1.29 is 9.13 Å². The summed E-state index contributed by atoms with van der Waals surface area (Å²) in [5.74, 6) is -0.395. The van der Waals surface area contributed by atoms with Gasteiger partial charge in [-0.3, -0.25) is 0 Å². The van der Waals surface area contributed by atoms with Crippen LogP contribution in [0.4, 0.5) is 15.8 Å². The Morgan fingerprint density at radius 2 is 1.65 bits per heavy atom. The zero-order chi connectivity index (χ0) is 12.3. The molecule has 0 aliphatic rings. The predicted octanol–water partition coefficient (Wildman–Crippen LogP) is 2.57. The molecule has 0 radical (unpaired) electrons. The lowest BCUT2D eigenvalue weighted by Gasteiger charge is -2.09. The van der Waals surface area contributed by atoms with Gasteiger partial charge in [-0.15, -0.1) is 0 Å². The third kappa shape index (κ3) is 2.66. The predicted molar refractivity (Wildman–Crippen MR) is 66.0 cm³/mol. The second-order valence-corrected chi connectivity index (χ2v) is 3.69. The van der Waals surface area contributed by atoms with Gasteiger partial charge in [0.25, 0.3) is 0 Å². The molecule has 88 valence electrons. The molecule has 0 atom stereocenters. The average Bonchev–Trinajstić information content (AvgIpc) is 2.33. The van der Waals surface area contributed by atoms with Crippen LogP contribution in [0, 0.1) is 5.82 Å². The first-order valence-corrected chi connectivity index (χ1v) is 5.18. The molecule has 0 spiro atoms. The molecule has 2 rings (SSSR count). The topological polar surface area (TPSA) is 61.3 Å². The zero-order valence-corrected chi connectivity index (χ0v) is 9.19. The quantitative estimate of drug-likeness (QED) is 0.799. The van der Waals surface area contributed by atoms with Gasteiger partial charge in [0.15, 0.2) is 11.6 Å². The van der Waals surface area contributed by atoms with Gasteiger partial charge in [0.1, 0.15) is 6.61 Å². The molecule has 0 aliphatic heterocycles. The van der Waals surface area contributed by atoms with E-state index in [1.54, 1.807) is 0 Å². The molecule has 0 fully saturated rings. The Labute approximate surface area is 98.8 Å². The molecule has 4 heteroatoms. The molecule has 17 heavy (non-hydrogen) atoms. The van der Waals surface area contributed by atoms with Gasteiger partial charge in [-0.05, 0) is 5.56 Å². The first-order valence-electron chi connectivity index (χ1n) is 5.18. The zero-order valence-electron chi connectivity index (χ0n) is 9.19. The molecular formula is C13H13FN2O. The minimum absolute atomic E-state index is 0.112. The molecule has 4 N–H and O–H groups in total. The van der Waals surface area contributed by atoms with Gasteiger partial charge >= 0.3 is 0 Å². The number of hydrogen-bond acceptors (Lipinski definition) is 3. The van der Waals surface area contributed by atoms with E-state index < -0.39 is 5.82 Å². The van der Waals surface area contributed by atoms with Gasteiger partial charge in [0.05, 0.1) is 11.4 Å². The van der Waals surface area contributed by atoms with Crippen LogP contribution < -0.4 is 16.2 Å². The van der Waals surface area contributed by atoms with Crippen molar-refractivity contribution in [1.29, 1.82) is 0 Å². The molecule has 0 unspecified atom stereocenters. The van der Waals surface area contributed by atoms with Gasteiger partial charge in [0, 0.05) is 12.1 Å². The molecule has 2 aromatic carbocycles. The Bertz CT molecular complexity index is 514. The first kappa shape index (κ1) is 11.3. The van der Waals surface area contributed by atoms with Crippen LogP contribution in [0.15, 0.2) is 42.5 Å². The molecule has 0 saturated carbocycles. The van der Waals surface area contributed by atoms with E-state index in [1.165, 1.54) is 6.07 Å². The van der Waals surface area contributed by atoms with E-state index in [2.05, 4.69) is 0 Å². The molecule has 0 amide bonds. The van der Waals surface area contributed by atoms with Crippen LogP contribution in [0.3, 0.4) is 0 Å². The fourth-order valence-electron chi connectivity index (χ4n) is 1.43. The molecule has 2 aromatic rings. The van der Waals surface area contributed by atoms with E-state index in [0.29, 0.717) is 12.3 Å². The monoisotopic (exact) mass is 232 g/mol. The van der Waals surface area contributed by atoms with Crippen LogP contribution in [0.1, 0.15) is 5.56 Å². The van der Waals surface area contributed by atoms with E-state index in [9.17, 15) is 4.39 Å². The number of nitrogens with two attached hydrogens (primary N) is 2. The highest BCUT2D eigenvalue weighted by Crippen LogP contribution is 2.26. The molecular weight excluding hydrogens is 219 g/mol. The standard InChI is InChI=1S/C13H13FN2O/c14-10-6-11(15)12(16)7-13(10)17-8-9-4-2-1-3-5-9/h1-7H,8,15-16H2. The SMILES string of the molecule is Nc1cc(F)c(OCc2ccccc2)cc1N. The normalized spacial score (nSPS) is 10.2. The van der Waals surface area contributed by atoms with E-state index in [4.69, 9.17) is 16.2 Å². The van der Waals surface area contributed by atoms with Crippen LogP contribution in [0.2, 0.25) is 0 Å². The Balaban J connectivity index is 2.12. The fraction of sp³-hybridized carbons (Fsp3) is 0.0769. The number of ether oxygens (including phenoxy) is 1. The van der Waals surface area contributed by atoms with Crippen LogP contribution in [-0.4, -0.2) is 0 Å². The molecule has 0 aliphatic carbocycles. The van der Waals surface area contributed by atoms with Crippen molar-refractivity contribution in [3.63, 3.8) is 0 Å². The maximum Gasteiger partial charge on any atom is 0.167 e. The molecule has 0 heterocycles. The van der Waals surface area contributed by atoms with Crippen molar-refractivity contribution in [3.05, 3.63) is 53.8 Å². The fourth-order valence-corrected chi connectivity index (χ4v) is 1.43. The van der Waals surface area contributed by atoms with Crippen LogP contribution in [-0.2, 0) is 6.61 Å². The highest BCUT2D eigenvalue weighted by atomic mass is 19.1. The smallest absolute Gasteiger partial charge is 0.167 e. The van der Waals surface area contributed by atoms with E-state index >= 15 is 0 Å². The van der Waals surface area contributed by atoms with Crippen molar-refractivity contribution in [2.75, 3.05) is 11.5 Å². The summed E-state index contributed by atoms with van der Waals surface area (Å²) in [5.41, 5.74) is 12.6. The van der Waals surface area contributed by atoms with Gasteiger partial charge in [-0.1, -0.05) is 30.3 Å². The Morgan fingerprint density at radius 3 is 2.35 bits per heavy atom. The Morgan fingerprint density at radius 1 is 1.00 bits per heavy atom. The second-order valence-electron chi connectivity index (χ2n) is 3.69. The van der Waals surface area contributed by atoms with Crippen LogP contribution in [0.5, 0.6) is 5.75 Å². The summed E-state index contributed by atoms with van der Waals surface area (Å²) < 4.78 is 18.8. The van der Waals surface area contributed by atoms with Crippen molar-refractivity contribution in [3.8, 4) is 5.75 Å². The Hall–Kier alpha value is -2.23. The number of anilines is 2. The summed E-state index contributed by atoms with van der Waals surface area (Å²) in [5, 5.41) is 0. The largest absolute Gasteiger partial charge is 0.486 e. The molecule has 3 nitrogen and oxygen atoms in total. The average molecular weight is 232 g/mol. The summed E-state index contributed by atoms with van der Waals surface area (Å²) in [6, 6.07) is 12.1. The third-order valence-electron chi connectivity index (χ3n) is 2.37. The van der Waals surface area contributed by atoms with Crippen LogP contribution in [0.25, 0.3) is 0 Å². The second kappa shape index (κ2) is 4.74. The highest BCUT2D eigenvalue weighted by Gasteiger charge is 2.07. The first-order chi connectivity index (χ1) is 8.16. The summed E-state index contributed by atoms with van der Waals surface area (Å²) in [6.45, 7) is 0.293. The molecule has 0 bridgehead atoms. The maximum absolute atomic E-state index is 13.5. The van der Waals surface area contributed by atoms with Crippen molar-refractivity contribution in [2.45, 2.75) is 6.61 Å². The number of halogens is 1. The minimum Gasteiger partial charge on any atom is -0.486 e. The Kier molecular flexibility index (Phi) is 3.14. The van der Waals surface area contributed by atoms with Gasteiger partial charge in [0.2, 0.25) is 0 Å². The summed E-state index contributed by atoms with van der Waals surface area (Å²) >= 11 is 0. The van der Waals surface area contributed by atoms with Gasteiger partial charge in [-0.2, -0.15) is 0 Å². The maximum atomic E-state index is 13.5. The van der Waals surface area contributed by atoms with E-state index in [1.807, 2.05) is 30.3 Å². The van der Waals surface area contributed by atoms with E-state index in [-0.39, 0.29) is 11.4 Å². The van der Waals surface area contributed by atoms with Gasteiger partial charge < -0.3 is 16.2 Å². The third-order valence-corrected chi connectivity index (χ3v) is 2.37. The molecule has 0 aromatic heterocycles. The number of hydrogen-bond donors (Lipinski definition) is 2. The summed E-state index contributed by atoms with van der Waals surface area (Å²) in [7, 11) is 0. The lowest BCUT2D eigenvalue weighted by molar-refractivity contribution is 0.290. The number of rotatable bonds is 3. The van der Waals surface area contributed by atoms with Crippen LogP contribution >= 0.6 is 0 Å². The molecule has 0 saturated heterocycles. The number of nitrogen functional groups attached to an aromatic ring is 2. The summed E-state index contributed by atoms with van der Waals surface area (Å²) in [4.78, 5) is 0. The highest BCUT2D eigenvalue weighted by molar-refractivity contribution is 5.65. The lowest BCUT2D eigenvalue weighted by Crippen LogP contribution is -2.01. The van der Waals surface area contributed by atoms with Crippen molar-refractivity contribution >= 4 is 11.4 Å². The number of benzene rings is 2. The van der Waals surface area contributed by atoms with E-state index in [0.717, 1.165) is 11.6 Å². The summed E-state index contributed by atoms with van der Waals surface area (Å²) in [6.07, 6.45) is 0. The minimum atomic E-state index is -0.507. The van der Waals surface area contributed by atoms with Crippen molar-refractivity contribution in [2.24, 2.45) is 0 Å².